The summed E-state index contributed by atoms with van der Waals surface area (Å²) in [5, 5.41) is 5.59. The lowest BCUT2D eigenvalue weighted by Gasteiger charge is -2.45. The summed E-state index contributed by atoms with van der Waals surface area (Å²) >= 11 is 0. The van der Waals surface area contributed by atoms with E-state index in [2.05, 4.69) is 5.32 Å². The lowest BCUT2D eigenvalue weighted by atomic mass is 9.95. The zero-order valence-corrected chi connectivity index (χ0v) is 25.3. The molecule has 3 aromatic carbocycles. The molecule has 10 nitrogen and oxygen atoms in total. The van der Waals surface area contributed by atoms with Crippen LogP contribution in [0.5, 0.6) is 0 Å². The minimum atomic E-state index is -2.88. The summed E-state index contributed by atoms with van der Waals surface area (Å²) < 4.78 is 28.5. The quantitative estimate of drug-likeness (QED) is 0.224. The van der Waals surface area contributed by atoms with Gasteiger partial charge in [-0.05, 0) is 0 Å². The molecule has 1 fully saturated rings. The predicted octanol–water partition coefficient (Wildman–Crippen LogP) is 2.82. The maximum Gasteiger partial charge on any atom is 0.303 e. The molecule has 1 N–H and O–H groups in total. The third kappa shape index (κ3) is 7.58. The topological polar surface area (TPSA) is 130 Å². The summed E-state index contributed by atoms with van der Waals surface area (Å²) in [6.45, 7) is 4.67. The molecule has 0 saturated carbocycles. The van der Waals surface area contributed by atoms with E-state index in [4.69, 9.17) is 23.7 Å². The van der Waals surface area contributed by atoms with Crippen LogP contribution in [0.2, 0.25) is 0 Å². The van der Waals surface area contributed by atoms with Crippen LogP contribution >= 0.6 is 7.05 Å². The van der Waals surface area contributed by atoms with Crippen LogP contribution in [0, 0.1) is 0 Å². The van der Waals surface area contributed by atoms with Gasteiger partial charge in [0.2, 0.25) is 5.91 Å². The molecule has 0 unspecified atom stereocenters. The molecule has 3 aromatic rings. The van der Waals surface area contributed by atoms with Gasteiger partial charge in [0.05, 0.1) is 7.05 Å². The summed E-state index contributed by atoms with van der Waals surface area (Å²) in [7, 11) is -2.88. The van der Waals surface area contributed by atoms with Crippen LogP contribution in [0.3, 0.4) is 0 Å². The van der Waals surface area contributed by atoms with Crippen molar-refractivity contribution in [2.24, 2.45) is 4.74 Å². The third-order valence-corrected chi connectivity index (χ3v) is 10.5. The van der Waals surface area contributed by atoms with Gasteiger partial charge in [0.25, 0.3) is 0 Å². The van der Waals surface area contributed by atoms with Gasteiger partial charge in [-0.15, -0.1) is 0 Å². The molecule has 5 atom stereocenters. The third-order valence-electron chi connectivity index (χ3n) is 6.77. The molecule has 0 bridgehead atoms. The number of rotatable bonds is 9. The van der Waals surface area contributed by atoms with Crippen molar-refractivity contribution in [3.63, 3.8) is 0 Å². The molecule has 43 heavy (non-hydrogen) atoms. The van der Waals surface area contributed by atoms with E-state index in [0.29, 0.717) is 0 Å². The Hall–Kier alpha value is -4.27. The average Bonchev–Trinajstić information content (AvgIpc) is 2.98. The van der Waals surface area contributed by atoms with Crippen LogP contribution < -0.4 is 21.2 Å². The van der Waals surface area contributed by atoms with Crippen LogP contribution in [0.4, 0.5) is 0 Å². The Labute approximate surface area is 250 Å². The molecule has 4 rings (SSSR count). The average molecular weight is 607 g/mol. The van der Waals surface area contributed by atoms with Gasteiger partial charge in [0, 0.05) is 43.6 Å². The number of ether oxygens (including phenoxy) is 4. The second-order valence-electron chi connectivity index (χ2n) is 10.00. The number of benzene rings is 3. The van der Waals surface area contributed by atoms with Crippen molar-refractivity contribution >= 4 is 46.8 Å². The zero-order chi connectivity index (χ0) is 31.0. The summed E-state index contributed by atoms with van der Waals surface area (Å²) in [5.74, 6) is -2.35. The lowest BCUT2D eigenvalue weighted by Crippen LogP contribution is -2.65. The van der Waals surface area contributed by atoms with Gasteiger partial charge in [-0.2, -0.15) is 0 Å². The molecule has 0 spiro atoms. The molecular formula is C32H35N2O8P. The fourth-order valence-electron chi connectivity index (χ4n) is 5.16. The molecular weight excluding hydrogens is 571 g/mol. The van der Waals surface area contributed by atoms with E-state index < -0.39 is 61.5 Å². The maximum absolute atomic E-state index is 12.6. The molecule has 1 aliphatic heterocycles. The minimum Gasteiger partial charge on any atom is -0.463 e. The largest absolute Gasteiger partial charge is 0.463 e. The molecule has 226 valence electrons. The van der Waals surface area contributed by atoms with Gasteiger partial charge in [-0.25, -0.2) is 0 Å². The predicted molar refractivity (Wildman–Crippen MR) is 162 cm³/mol. The number of amides is 1. The summed E-state index contributed by atoms with van der Waals surface area (Å²) in [6.07, 6.45) is -4.62. The maximum atomic E-state index is 12.6. The highest BCUT2D eigenvalue weighted by molar-refractivity contribution is 7.87. The summed E-state index contributed by atoms with van der Waals surface area (Å²) in [5.41, 5.74) is 0. The number of nitrogens with zero attached hydrogens (tertiary/aromatic N) is 1. The van der Waals surface area contributed by atoms with Crippen LogP contribution in [-0.2, 0) is 38.1 Å². The molecule has 1 aliphatic rings. The van der Waals surface area contributed by atoms with Crippen molar-refractivity contribution in [1.29, 1.82) is 0 Å². The van der Waals surface area contributed by atoms with E-state index in [0.717, 1.165) is 15.9 Å². The smallest absolute Gasteiger partial charge is 0.303 e. The fourth-order valence-corrected chi connectivity index (χ4v) is 8.80. The molecule has 1 saturated heterocycles. The Kier molecular flexibility index (Phi) is 10.5. The summed E-state index contributed by atoms with van der Waals surface area (Å²) in [4.78, 5) is 48.9. The van der Waals surface area contributed by atoms with Crippen LogP contribution in [-0.4, -0.2) is 61.0 Å². The van der Waals surface area contributed by atoms with Gasteiger partial charge >= 0.3 is 17.9 Å². The molecule has 0 radical (unpaired) electrons. The second-order valence-corrected chi connectivity index (χ2v) is 13.1. The van der Waals surface area contributed by atoms with E-state index in [1.807, 2.05) is 91.0 Å². The lowest BCUT2D eigenvalue weighted by molar-refractivity contribution is -0.222. The van der Waals surface area contributed by atoms with Crippen molar-refractivity contribution in [1.82, 2.24) is 5.32 Å². The molecule has 1 amide bonds. The van der Waals surface area contributed by atoms with Crippen molar-refractivity contribution in [3.05, 3.63) is 91.0 Å². The van der Waals surface area contributed by atoms with E-state index in [1.165, 1.54) is 27.7 Å². The first-order chi connectivity index (χ1) is 20.6. The normalized spacial score (nSPS) is 21.6. The number of nitrogens with one attached hydrogen (secondary N) is 1. The fraction of sp³-hybridized carbons (Fsp3) is 0.312. The van der Waals surface area contributed by atoms with E-state index >= 15 is 0 Å². The number of carbonyl (C=O) groups is 4. The van der Waals surface area contributed by atoms with Crippen molar-refractivity contribution in [3.8, 4) is 0 Å². The number of esters is 3. The molecule has 0 aliphatic carbocycles. The zero-order valence-electron chi connectivity index (χ0n) is 24.4. The molecule has 11 heteroatoms. The van der Waals surface area contributed by atoms with Gasteiger partial charge < -0.3 is 24.3 Å². The first-order valence-electron chi connectivity index (χ1n) is 13.8. The monoisotopic (exact) mass is 606 g/mol. The second kappa shape index (κ2) is 14.3. The number of hydrogen-bond donors (Lipinski definition) is 1. The first-order valence-corrected chi connectivity index (χ1v) is 15.5. The molecule has 0 aromatic heterocycles. The standard InChI is InChI=1S/C32H35N2O8P/c1-21(35)33-29-31(41-24(4)38)30(40-23(3)37)28(20-39-22(2)36)42-32(29)34-43(25-14-8-5-9-15-25,26-16-10-6-11-17-26)27-18-12-7-13-19-27/h5-19,28-32H,20H2,1-4H3,(H,33,35)/t28-,29-,30-,31-,32-/m1/s1. The summed E-state index contributed by atoms with van der Waals surface area (Å²) in [6, 6.07) is 28.2. The van der Waals surface area contributed by atoms with Gasteiger partial charge in [-0.1, -0.05) is 91.0 Å². The Morgan fingerprint density at radius 2 is 1.14 bits per heavy atom. The number of carbonyl (C=O) groups excluding carboxylic acids is 4. The van der Waals surface area contributed by atoms with Gasteiger partial charge in [-0.3, -0.25) is 23.9 Å². The molecule has 1 heterocycles. The highest BCUT2D eigenvalue weighted by Gasteiger charge is 2.51. The van der Waals surface area contributed by atoms with Gasteiger partial charge in [0.1, 0.15) is 18.8 Å². The van der Waals surface area contributed by atoms with Gasteiger partial charge in [0.15, 0.2) is 18.4 Å². The van der Waals surface area contributed by atoms with E-state index in [-0.39, 0.29) is 6.61 Å². The van der Waals surface area contributed by atoms with Crippen molar-refractivity contribution in [2.45, 2.75) is 58.3 Å². The highest BCUT2D eigenvalue weighted by Crippen LogP contribution is 2.48. The minimum absolute atomic E-state index is 0.308. The number of hydrogen-bond acceptors (Lipinski definition) is 9. The Morgan fingerprint density at radius 3 is 1.53 bits per heavy atom. The first kappa shape index (κ1) is 31.7. The van der Waals surface area contributed by atoms with E-state index in [1.54, 1.807) is 0 Å². The van der Waals surface area contributed by atoms with Crippen LogP contribution in [0.15, 0.2) is 95.7 Å². The van der Waals surface area contributed by atoms with Crippen LogP contribution in [0.25, 0.3) is 0 Å². The van der Waals surface area contributed by atoms with Crippen molar-refractivity contribution < 1.29 is 38.1 Å². The SMILES string of the molecule is CC(=O)N[C@@H]1[C@@H](OC(C)=O)[C@H](OC(C)=O)[C@@H](COC(C)=O)O[C@H]1N=P(c1ccccc1)(c1ccccc1)c1ccccc1. The highest BCUT2D eigenvalue weighted by atomic mass is 31.2. The Morgan fingerprint density at radius 1 is 0.698 bits per heavy atom. The Bertz CT molecular complexity index is 1380. The Balaban J connectivity index is 2.04. The van der Waals surface area contributed by atoms with E-state index in [9.17, 15) is 19.2 Å². The van der Waals surface area contributed by atoms with Crippen molar-refractivity contribution in [2.75, 3.05) is 6.61 Å². The van der Waals surface area contributed by atoms with Crippen LogP contribution in [0.1, 0.15) is 27.7 Å².